The second kappa shape index (κ2) is 6.87. The summed E-state index contributed by atoms with van der Waals surface area (Å²) in [6, 6.07) is 12.9. The highest BCUT2D eigenvalue weighted by atomic mass is 32.2. The van der Waals surface area contributed by atoms with E-state index < -0.39 is 10.0 Å². The first-order chi connectivity index (χ1) is 13.0. The van der Waals surface area contributed by atoms with Crippen LogP contribution >= 0.6 is 0 Å². The van der Waals surface area contributed by atoms with Crippen LogP contribution in [0.5, 0.6) is 5.75 Å². The fraction of sp³-hybridized carbons (Fsp3) is 0.238. The molecule has 2 heterocycles. The summed E-state index contributed by atoms with van der Waals surface area (Å²) < 4.78 is 32.6. The lowest BCUT2D eigenvalue weighted by atomic mass is 9.99. The Hall–Kier alpha value is -2.57. The number of aromatic amines is 1. The monoisotopic (exact) mass is 382 g/mol. The molecule has 0 radical (unpaired) electrons. The highest BCUT2D eigenvalue weighted by Gasteiger charge is 2.26. The molecule has 4 rings (SSSR count). The topological polar surface area (TPSA) is 62.4 Å². The number of ether oxygens (including phenoxy) is 1. The van der Waals surface area contributed by atoms with E-state index in [1.807, 2.05) is 49.5 Å². The number of aromatic nitrogens is 1. The Morgan fingerprint density at radius 1 is 1.11 bits per heavy atom. The van der Waals surface area contributed by atoms with Gasteiger partial charge in [0.2, 0.25) is 10.0 Å². The minimum atomic E-state index is -3.46. The number of nitrogens with one attached hydrogen (secondary N) is 1. The van der Waals surface area contributed by atoms with Crippen molar-refractivity contribution in [3.8, 4) is 5.75 Å². The fourth-order valence-electron chi connectivity index (χ4n) is 3.47. The number of methoxy groups -OCH3 is 1. The summed E-state index contributed by atoms with van der Waals surface area (Å²) in [5.74, 6) is 0.809. The predicted octanol–water partition coefficient (Wildman–Crippen LogP) is 3.96. The maximum Gasteiger partial charge on any atom is 0.243 e. The number of nitrogens with zero attached hydrogens (tertiary/aromatic N) is 1. The van der Waals surface area contributed by atoms with Gasteiger partial charge in [0.25, 0.3) is 0 Å². The van der Waals surface area contributed by atoms with E-state index in [9.17, 15) is 8.42 Å². The number of H-pyrrole nitrogens is 1. The number of hydrogen-bond donors (Lipinski definition) is 1. The molecule has 1 aliphatic rings. The van der Waals surface area contributed by atoms with Gasteiger partial charge in [0.15, 0.2) is 0 Å². The first-order valence-corrected chi connectivity index (χ1v) is 10.3. The molecule has 0 saturated carbocycles. The summed E-state index contributed by atoms with van der Waals surface area (Å²) in [5, 5.41) is 1.09. The lowest BCUT2D eigenvalue weighted by Gasteiger charge is -2.26. The van der Waals surface area contributed by atoms with Gasteiger partial charge in [-0.2, -0.15) is 4.31 Å². The Labute approximate surface area is 159 Å². The summed E-state index contributed by atoms with van der Waals surface area (Å²) in [6.45, 7) is 2.80. The van der Waals surface area contributed by atoms with Crippen LogP contribution in [-0.4, -0.2) is 37.9 Å². The van der Waals surface area contributed by atoms with Crippen LogP contribution in [0.25, 0.3) is 16.5 Å². The number of hydrogen-bond acceptors (Lipinski definition) is 3. The predicted molar refractivity (Wildman–Crippen MR) is 107 cm³/mol. The minimum Gasteiger partial charge on any atom is -0.497 e. The number of sulfonamides is 1. The van der Waals surface area contributed by atoms with E-state index in [-0.39, 0.29) is 0 Å². The molecule has 0 spiro atoms. The molecule has 1 aliphatic heterocycles. The molecule has 0 atom stereocenters. The second-order valence-corrected chi connectivity index (χ2v) is 8.71. The molecule has 0 bridgehead atoms. The molecule has 0 saturated heterocycles. The van der Waals surface area contributed by atoms with Crippen LogP contribution in [0.3, 0.4) is 0 Å². The van der Waals surface area contributed by atoms with Crippen molar-refractivity contribution in [3.63, 3.8) is 0 Å². The Bertz CT molecular complexity index is 1110. The van der Waals surface area contributed by atoms with E-state index in [1.54, 1.807) is 19.2 Å². The van der Waals surface area contributed by atoms with Crippen molar-refractivity contribution in [2.75, 3.05) is 20.2 Å². The maximum atomic E-state index is 12.9. The average molecular weight is 382 g/mol. The van der Waals surface area contributed by atoms with Crippen molar-refractivity contribution >= 4 is 26.5 Å². The van der Waals surface area contributed by atoms with Crippen LogP contribution in [0.2, 0.25) is 0 Å². The zero-order valence-corrected chi connectivity index (χ0v) is 16.2. The van der Waals surface area contributed by atoms with Crippen molar-refractivity contribution in [1.82, 2.24) is 9.29 Å². The van der Waals surface area contributed by atoms with Gasteiger partial charge >= 0.3 is 0 Å². The van der Waals surface area contributed by atoms with Crippen LogP contribution in [0.1, 0.15) is 17.5 Å². The van der Waals surface area contributed by atoms with Crippen LogP contribution in [0.4, 0.5) is 0 Å². The van der Waals surface area contributed by atoms with Crippen LogP contribution in [0, 0.1) is 6.92 Å². The molecule has 1 N–H and O–H groups in total. The van der Waals surface area contributed by atoms with Gasteiger partial charge in [0.1, 0.15) is 5.75 Å². The Morgan fingerprint density at radius 3 is 2.56 bits per heavy atom. The van der Waals surface area contributed by atoms with E-state index in [1.165, 1.54) is 4.31 Å². The molecular formula is C21H22N2O3S. The van der Waals surface area contributed by atoms with Gasteiger partial charge in [-0.3, -0.25) is 0 Å². The minimum absolute atomic E-state index is 0.349. The molecule has 5 nitrogen and oxygen atoms in total. The van der Waals surface area contributed by atoms with Crippen molar-refractivity contribution in [2.24, 2.45) is 0 Å². The molecule has 0 fully saturated rings. The lowest BCUT2D eigenvalue weighted by molar-refractivity contribution is 0.415. The van der Waals surface area contributed by atoms with E-state index in [0.29, 0.717) is 24.4 Å². The first kappa shape index (κ1) is 17.8. The van der Waals surface area contributed by atoms with E-state index in [2.05, 4.69) is 4.98 Å². The third-order valence-corrected chi connectivity index (χ3v) is 6.94. The molecule has 0 unspecified atom stereocenters. The van der Waals surface area contributed by atoms with Gasteiger partial charge in [-0.15, -0.1) is 0 Å². The van der Waals surface area contributed by atoms with Gasteiger partial charge in [-0.25, -0.2) is 8.42 Å². The zero-order valence-electron chi connectivity index (χ0n) is 15.4. The molecular weight excluding hydrogens is 360 g/mol. The number of aryl methyl sites for hydroxylation is 1. The van der Waals surface area contributed by atoms with E-state index in [0.717, 1.165) is 33.4 Å². The summed E-state index contributed by atoms with van der Waals surface area (Å²) in [5.41, 5.74) is 4.35. The van der Waals surface area contributed by atoms with Gasteiger partial charge in [-0.05, 0) is 49.2 Å². The van der Waals surface area contributed by atoms with Gasteiger partial charge in [0, 0.05) is 35.8 Å². The molecule has 0 aliphatic carbocycles. The molecule has 2 aromatic carbocycles. The molecule has 27 heavy (non-hydrogen) atoms. The quantitative estimate of drug-likeness (QED) is 0.743. The Morgan fingerprint density at radius 2 is 1.89 bits per heavy atom. The molecule has 1 aromatic heterocycles. The smallest absolute Gasteiger partial charge is 0.243 e. The first-order valence-electron chi connectivity index (χ1n) is 8.90. The van der Waals surface area contributed by atoms with Crippen molar-refractivity contribution in [1.29, 1.82) is 0 Å². The van der Waals surface area contributed by atoms with Gasteiger partial charge < -0.3 is 9.72 Å². The number of benzene rings is 2. The standard InChI is InChI=1S/C21H22N2O3S/c1-15-3-6-18(7-4-15)27(24,25)23-11-9-16(10-12-23)20-14-22-21-8-5-17(26-2)13-19(20)21/h3-9,13-14,22H,10-12H2,1-2H3. The van der Waals surface area contributed by atoms with E-state index in [4.69, 9.17) is 4.74 Å². The molecule has 0 amide bonds. The summed E-state index contributed by atoms with van der Waals surface area (Å²) in [7, 11) is -1.81. The number of rotatable bonds is 4. The van der Waals surface area contributed by atoms with Crippen molar-refractivity contribution in [2.45, 2.75) is 18.2 Å². The lowest BCUT2D eigenvalue weighted by Crippen LogP contribution is -2.34. The molecule has 140 valence electrons. The Kier molecular flexibility index (Phi) is 4.53. The fourth-order valence-corrected chi connectivity index (χ4v) is 4.85. The van der Waals surface area contributed by atoms with Gasteiger partial charge in [-0.1, -0.05) is 23.8 Å². The average Bonchev–Trinajstić information content (AvgIpc) is 3.11. The normalized spacial score (nSPS) is 15.7. The maximum absolute atomic E-state index is 12.9. The summed E-state index contributed by atoms with van der Waals surface area (Å²) in [4.78, 5) is 3.63. The van der Waals surface area contributed by atoms with Crippen molar-refractivity contribution in [3.05, 3.63) is 65.9 Å². The SMILES string of the molecule is COc1ccc2[nH]cc(C3=CCN(S(=O)(=O)c4ccc(C)cc4)CC3)c2c1. The second-order valence-electron chi connectivity index (χ2n) is 6.77. The summed E-state index contributed by atoms with van der Waals surface area (Å²) >= 11 is 0. The summed E-state index contributed by atoms with van der Waals surface area (Å²) in [6.07, 6.45) is 4.67. The van der Waals surface area contributed by atoms with Gasteiger partial charge in [0.05, 0.1) is 12.0 Å². The van der Waals surface area contributed by atoms with Crippen molar-refractivity contribution < 1.29 is 13.2 Å². The highest BCUT2D eigenvalue weighted by Crippen LogP contribution is 2.32. The largest absolute Gasteiger partial charge is 0.497 e. The highest BCUT2D eigenvalue weighted by molar-refractivity contribution is 7.89. The van der Waals surface area contributed by atoms with Crippen LogP contribution < -0.4 is 4.74 Å². The Balaban J connectivity index is 1.61. The third kappa shape index (κ3) is 3.26. The zero-order chi connectivity index (χ0) is 19.0. The number of fused-ring (bicyclic) bond motifs is 1. The van der Waals surface area contributed by atoms with Crippen LogP contribution in [0.15, 0.2) is 59.6 Å². The third-order valence-electron chi connectivity index (χ3n) is 5.07. The molecule has 3 aromatic rings. The van der Waals surface area contributed by atoms with Crippen LogP contribution in [-0.2, 0) is 10.0 Å². The molecule has 6 heteroatoms. The van der Waals surface area contributed by atoms with E-state index >= 15 is 0 Å².